The van der Waals surface area contributed by atoms with Gasteiger partial charge in [-0.25, -0.2) is 0 Å². The predicted octanol–water partition coefficient (Wildman–Crippen LogP) is 2.69. The van der Waals surface area contributed by atoms with Crippen LogP contribution in [0.3, 0.4) is 0 Å². The third-order valence-electron chi connectivity index (χ3n) is 3.50. The second-order valence-corrected chi connectivity index (χ2v) is 5.59. The van der Waals surface area contributed by atoms with E-state index in [1.807, 2.05) is 20.8 Å². The molecule has 0 radical (unpaired) electrons. The van der Waals surface area contributed by atoms with Gasteiger partial charge in [0.1, 0.15) is 0 Å². The number of rotatable bonds is 7. The fourth-order valence-electron chi connectivity index (χ4n) is 2.18. The Balaban J connectivity index is 2.10. The molecule has 0 aromatic carbocycles. The van der Waals surface area contributed by atoms with Crippen LogP contribution in [-0.2, 0) is 0 Å². The van der Waals surface area contributed by atoms with Gasteiger partial charge in [0.2, 0.25) is 11.9 Å². The van der Waals surface area contributed by atoms with Crippen molar-refractivity contribution in [2.75, 3.05) is 17.2 Å². The molecule has 0 amide bonds. The molecular weight excluding hydrogens is 254 g/mol. The summed E-state index contributed by atoms with van der Waals surface area (Å²) in [5.41, 5.74) is 0. The van der Waals surface area contributed by atoms with Gasteiger partial charge in [0.15, 0.2) is 0 Å². The molecular formula is C14H25N5O. The van der Waals surface area contributed by atoms with Crippen LogP contribution in [0.1, 0.15) is 47.0 Å². The summed E-state index contributed by atoms with van der Waals surface area (Å²) >= 11 is 0. The maximum Gasteiger partial charge on any atom is 0.323 e. The quantitative estimate of drug-likeness (QED) is 0.799. The van der Waals surface area contributed by atoms with Gasteiger partial charge in [0, 0.05) is 12.6 Å². The summed E-state index contributed by atoms with van der Waals surface area (Å²) in [6.45, 7) is 8.88. The fourth-order valence-corrected chi connectivity index (χ4v) is 2.18. The highest BCUT2D eigenvalue weighted by Gasteiger charge is 2.24. The molecule has 1 heterocycles. The van der Waals surface area contributed by atoms with Gasteiger partial charge >= 0.3 is 6.01 Å². The fraction of sp³-hybridized carbons (Fsp3) is 0.786. The van der Waals surface area contributed by atoms with E-state index in [2.05, 4.69) is 32.5 Å². The predicted molar refractivity (Wildman–Crippen MR) is 80.2 cm³/mol. The van der Waals surface area contributed by atoms with E-state index in [9.17, 15) is 0 Å². The number of nitrogens with one attached hydrogen (secondary N) is 2. The van der Waals surface area contributed by atoms with Gasteiger partial charge < -0.3 is 15.4 Å². The van der Waals surface area contributed by atoms with Crippen LogP contribution < -0.4 is 15.4 Å². The van der Waals surface area contributed by atoms with E-state index in [0.717, 1.165) is 12.5 Å². The lowest BCUT2D eigenvalue weighted by molar-refractivity contribution is 0.222. The first-order valence-corrected chi connectivity index (χ1v) is 7.51. The minimum absolute atomic E-state index is 0.0452. The van der Waals surface area contributed by atoms with Crippen molar-refractivity contribution >= 4 is 11.9 Å². The summed E-state index contributed by atoms with van der Waals surface area (Å²) in [6, 6.07) is 0.752. The summed E-state index contributed by atoms with van der Waals surface area (Å²) in [7, 11) is 0. The molecule has 1 atom stereocenters. The van der Waals surface area contributed by atoms with Gasteiger partial charge in [-0.2, -0.15) is 15.0 Å². The molecule has 6 heteroatoms. The van der Waals surface area contributed by atoms with E-state index in [4.69, 9.17) is 4.74 Å². The number of ether oxygens (including phenoxy) is 1. The average Bonchev–Trinajstić information content (AvgIpc) is 2.24. The third kappa shape index (κ3) is 3.95. The van der Waals surface area contributed by atoms with E-state index in [1.165, 1.54) is 19.3 Å². The molecule has 1 saturated carbocycles. The minimum atomic E-state index is 0.0452. The Bertz CT molecular complexity index is 434. The van der Waals surface area contributed by atoms with Gasteiger partial charge in [-0.1, -0.05) is 6.42 Å². The van der Waals surface area contributed by atoms with Crippen molar-refractivity contribution in [2.45, 2.75) is 59.1 Å². The maximum absolute atomic E-state index is 5.58. The Morgan fingerprint density at radius 1 is 1.15 bits per heavy atom. The normalized spacial score (nSPS) is 16.6. The zero-order chi connectivity index (χ0) is 14.5. The van der Waals surface area contributed by atoms with E-state index < -0.39 is 0 Å². The molecule has 1 aromatic heterocycles. The summed E-state index contributed by atoms with van der Waals surface area (Å²) in [6.07, 6.45) is 3.95. The molecule has 112 valence electrons. The van der Waals surface area contributed by atoms with Crippen molar-refractivity contribution in [1.82, 2.24) is 15.0 Å². The van der Waals surface area contributed by atoms with Crippen LogP contribution in [0.15, 0.2) is 0 Å². The highest BCUT2D eigenvalue weighted by Crippen LogP contribution is 2.30. The highest BCUT2D eigenvalue weighted by molar-refractivity contribution is 5.36. The highest BCUT2D eigenvalue weighted by atomic mass is 16.5. The van der Waals surface area contributed by atoms with Gasteiger partial charge in [-0.3, -0.25) is 0 Å². The first-order valence-electron chi connectivity index (χ1n) is 7.51. The van der Waals surface area contributed by atoms with Crippen molar-refractivity contribution in [1.29, 1.82) is 0 Å². The zero-order valence-electron chi connectivity index (χ0n) is 12.8. The lowest BCUT2D eigenvalue weighted by atomic mass is 9.80. The Hall–Kier alpha value is -1.59. The molecule has 6 nitrogen and oxygen atoms in total. The monoisotopic (exact) mass is 279 g/mol. The summed E-state index contributed by atoms with van der Waals surface area (Å²) in [5.74, 6) is 1.87. The number of aromatic nitrogens is 3. The van der Waals surface area contributed by atoms with Gasteiger partial charge in [-0.15, -0.1) is 0 Å². The van der Waals surface area contributed by atoms with E-state index >= 15 is 0 Å². The van der Waals surface area contributed by atoms with E-state index in [-0.39, 0.29) is 6.10 Å². The summed E-state index contributed by atoms with van der Waals surface area (Å²) in [5, 5.41) is 6.48. The molecule has 1 unspecified atom stereocenters. The molecule has 1 aliphatic carbocycles. The van der Waals surface area contributed by atoms with Crippen molar-refractivity contribution in [3.8, 4) is 6.01 Å². The third-order valence-corrected chi connectivity index (χ3v) is 3.50. The van der Waals surface area contributed by atoms with Crippen LogP contribution in [0.5, 0.6) is 6.01 Å². The smallest absolute Gasteiger partial charge is 0.323 e. The zero-order valence-corrected chi connectivity index (χ0v) is 12.8. The van der Waals surface area contributed by atoms with Crippen molar-refractivity contribution in [2.24, 2.45) is 5.92 Å². The number of hydrogen-bond acceptors (Lipinski definition) is 6. The van der Waals surface area contributed by atoms with Gasteiger partial charge in [-0.05, 0) is 46.5 Å². The van der Waals surface area contributed by atoms with Crippen LogP contribution in [0.2, 0.25) is 0 Å². The SMILES string of the molecule is CCNc1nc(NC(C)C2CCC2)nc(OC(C)C)n1. The van der Waals surface area contributed by atoms with Gasteiger partial charge in [0.25, 0.3) is 0 Å². The lowest BCUT2D eigenvalue weighted by Crippen LogP contribution is -2.31. The van der Waals surface area contributed by atoms with Crippen molar-refractivity contribution in [3.05, 3.63) is 0 Å². The first kappa shape index (κ1) is 14.8. The molecule has 1 aromatic rings. The molecule has 0 aliphatic heterocycles. The number of hydrogen-bond donors (Lipinski definition) is 2. The number of anilines is 2. The topological polar surface area (TPSA) is 72.0 Å². The van der Waals surface area contributed by atoms with Crippen molar-refractivity contribution in [3.63, 3.8) is 0 Å². The molecule has 0 bridgehead atoms. The van der Waals surface area contributed by atoms with Gasteiger partial charge in [0.05, 0.1) is 6.10 Å². The van der Waals surface area contributed by atoms with E-state index in [1.54, 1.807) is 0 Å². The Morgan fingerprint density at radius 3 is 2.40 bits per heavy atom. The Labute approximate surface area is 120 Å². The Kier molecular flexibility index (Phi) is 4.98. The molecule has 0 saturated heterocycles. The molecule has 2 N–H and O–H groups in total. The largest absolute Gasteiger partial charge is 0.461 e. The number of nitrogens with zero attached hydrogens (tertiary/aromatic N) is 3. The molecule has 1 aliphatic rings. The Morgan fingerprint density at radius 2 is 1.85 bits per heavy atom. The second kappa shape index (κ2) is 6.72. The minimum Gasteiger partial charge on any atom is -0.461 e. The maximum atomic E-state index is 5.58. The molecule has 1 fully saturated rings. The van der Waals surface area contributed by atoms with Crippen LogP contribution >= 0.6 is 0 Å². The standard InChI is InChI=1S/C14H25N5O/c1-5-15-12-17-13(16-10(4)11-7-6-8-11)19-14(18-12)20-9(2)3/h9-11H,5-8H2,1-4H3,(H2,15,16,17,18,19). The van der Waals surface area contributed by atoms with Crippen molar-refractivity contribution < 1.29 is 4.74 Å². The molecule has 0 spiro atoms. The molecule has 20 heavy (non-hydrogen) atoms. The van der Waals surface area contributed by atoms with Crippen LogP contribution in [0, 0.1) is 5.92 Å². The van der Waals surface area contributed by atoms with Crippen LogP contribution in [0.25, 0.3) is 0 Å². The second-order valence-electron chi connectivity index (χ2n) is 5.59. The average molecular weight is 279 g/mol. The van der Waals surface area contributed by atoms with Crippen LogP contribution in [0.4, 0.5) is 11.9 Å². The summed E-state index contributed by atoms with van der Waals surface area (Å²) < 4.78 is 5.58. The van der Waals surface area contributed by atoms with E-state index in [0.29, 0.717) is 23.9 Å². The lowest BCUT2D eigenvalue weighted by Gasteiger charge is -2.31. The summed E-state index contributed by atoms with van der Waals surface area (Å²) in [4.78, 5) is 13.0. The molecule has 2 rings (SSSR count). The first-order chi connectivity index (χ1) is 9.58. The van der Waals surface area contributed by atoms with Crippen LogP contribution in [-0.4, -0.2) is 33.6 Å².